The number of rotatable bonds is 10. The third kappa shape index (κ3) is 5.33. The topological polar surface area (TPSA) is 93.1 Å². The van der Waals surface area contributed by atoms with E-state index in [9.17, 15) is 19.5 Å². The van der Waals surface area contributed by atoms with E-state index in [1.54, 1.807) is 11.0 Å². The van der Waals surface area contributed by atoms with E-state index in [0.29, 0.717) is 80.8 Å². The van der Waals surface area contributed by atoms with E-state index in [0.717, 1.165) is 28.1 Å². The van der Waals surface area contributed by atoms with Crippen LogP contribution in [0, 0.1) is 0 Å². The van der Waals surface area contributed by atoms with Gasteiger partial charge in [0, 0.05) is 46.9 Å². The highest BCUT2D eigenvalue weighted by atomic mass is 16.5. The predicted octanol–water partition coefficient (Wildman–Crippen LogP) is 5.89. The van der Waals surface area contributed by atoms with Crippen LogP contribution < -0.4 is 9.47 Å². The van der Waals surface area contributed by atoms with Gasteiger partial charge < -0.3 is 19.5 Å². The minimum Gasteiger partial charge on any atom is -0.490 e. The summed E-state index contributed by atoms with van der Waals surface area (Å²) >= 11 is 0. The van der Waals surface area contributed by atoms with Gasteiger partial charge in [-0.05, 0) is 56.2 Å². The van der Waals surface area contributed by atoms with E-state index >= 15 is 0 Å². The Morgan fingerprint density at radius 1 is 1.00 bits per heavy atom. The number of benzene rings is 2. The number of allylic oxidation sites excluding steroid dienone is 5. The van der Waals surface area contributed by atoms with Crippen molar-refractivity contribution in [3.8, 4) is 11.5 Å². The van der Waals surface area contributed by atoms with Gasteiger partial charge in [0.15, 0.2) is 23.1 Å². The highest BCUT2D eigenvalue weighted by molar-refractivity contribution is 6.06. The normalized spacial score (nSPS) is 17.5. The molecule has 2 aromatic carbocycles. The van der Waals surface area contributed by atoms with Gasteiger partial charge in [-0.2, -0.15) is 0 Å². The van der Waals surface area contributed by atoms with Crippen molar-refractivity contribution in [1.29, 1.82) is 0 Å². The predicted molar refractivity (Wildman–Crippen MR) is 151 cm³/mol. The van der Waals surface area contributed by atoms with Crippen molar-refractivity contribution < 1.29 is 29.0 Å². The Labute approximate surface area is 234 Å². The molecule has 0 spiro atoms. The molecule has 1 N–H and O–H groups in total. The Hall–Kier alpha value is -4.13. The highest BCUT2D eigenvalue weighted by Crippen LogP contribution is 2.50. The molecule has 1 heterocycles. The molecule has 2 aromatic rings. The average molecular weight is 542 g/mol. The fraction of sp³-hybridized carbons (Fsp3) is 0.364. The van der Waals surface area contributed by atoms with Crippen molar-refractivity contribution in [2.75, 3.05) is 13.2 Å². The van der Waals surface area contributed by atoms with E-state index in [2.05, 4.69) is 6.58 Å². The van der Waals surface area contributed by atoms with Gasteiger partial charge in [-0.3, -0.25) is 14.4 Å². The number of carbonyl (C=O) groups is 3. The Balaban J connectivity index is 1.68. The molecule has 0 atom stereocenters. The third-order valence-corrected chi connectivity index (χ3v) is 7.76. The molecule has 7 heteroatoms. The summed E-state index contributed by atoms with van der Waals surface area (Å²) in [5.41, 5.74) is 5.24. The molecule has 208 valence electrons. The number of ether oxygens (including phenoxy) is 2. The molecule has 0 saturated carbocycles. The van der Waals surface area contributed by atoms with Crippen LogP contribution in [0.3, 0.4) is 0 Å². The first-order valence-corrected chi connectivity index (χ1v) is 14.0. The smallest absolute Gasteiger partial charge is 0.323 e. The first kappa shape index (κ1) is 27.4. The van der Waals surface area contributed by atoms with Crippen LogP contribution in [0.5, 0.6) is 11.5 Å². The number of carboxylic acid groups (broad SMARTS) is 1. The number of hydrogen-bond acceptors (Lipinski definition) is 6. The molecule has 0 saturated heterocycles. The highest BCUT2D eigenvalue weighted by Gasteiger charge is 2.44. The fourth-order valence-electron chi connectivity index (χ4n) is 6.19. The fourth-order valence-corrected chi connectivity index (χ4v) is 6.19. The number of aliphatic carboxylic acids is 1. The van der Waals surface area contributed by atoms with E-state index < -0.39 is 11.9 Å². The number of carboxylic acids is 1. The zero-order valence-electron chi connectivity index (χ0n) is 22.9. The zero-order valence-corrected chi connectivity index (χ0v) is 22.9. The Bertz CT molecular complexity index is 1360. The lowest BCUT2D eigenvalue weighted by Gasteiger charge is -2.43. The molecular formula is C33H35NO6. The standard InChI is InChI=1S/C33H35NO6/c1-3-10-22-17-23(18-28(39-4-2)33(22)40-20-21-11-6-5-7-12-21)30-31-24(13-8-15-26(31)35)34(19-29(37)38)25-14-9-16-27(36)32(25)30/h3,5-7,11-12,17-18,30H,1,4,8-10,13-16,19-20H2,2H3,(H,37,38). The lowest BCUT2D eigenvalue weighted by molar-refractivity contribution is -0.138. The van der Waals surface area contributed by atoms with Crippen LogP contribution in [0.2, 0.25) is 0 Å². The number of ketones is 2. The average Bonchev–Trinajstić information content (AvgIpc) is 2.94. The summed E-state index contributed by atoms with van der Waals surface area (Å²) < 4.78 is 12.4. The summed E-state index contributed by atoms with van der Waals surface area (Å²) in [6.45, 7) is 6.36. The van der Waals surface area contributed by atoms with Gasteiger partial charge in [0.2, 0.25) is 0 Å². The minimum absolute atomic E-state index is 0.0285. The molecule has 3 aliphatic rings. The number of hydrogen-bond donors (Lipinski definition) is 1. The molecule has 0 amide bonds. The quantitative estimate of drug-likeness (QED) is 0.375. The second-order valence-electron chi connectivity index (χ2n) is 10.4. The van der Waals surface area contributed by atoms with Crippen molar-refractivity contribution in [3.63, 3.8) is 0 Å². The summed E-state index contributed by atoms with van der Waals surface area (Å²) in [5, 5.41) is 9.72. The Morgan fingerprint density at radius 3 is 2.23 bits per heavy atom. The molecule has 7 nitrogen and oxygen atoms in total. The number of Topliss-reactive ketones (excluding diaryl/α,β-unsaturated/α-hetero) is 2. The van der Waals surface area contributed by atoms with Gasteiger partial charge in [0.1, 0.15) is 13.2 Å². The number of carbonyl (C=O) groups excluding carboxylic acids is 2. The first-order chi connectivity index (χ1) is 19.4. The minimum atomic E-state index is -0.986. The SMILES string of the molecule is C=CCc1cc(C2C3=C(CCCC3=O)N(CC(=O)O)C3=C2C(=O)CCC3)cc(OCC)c1OCc1ccccc1. The molecule has 40 heavy (non-hydrogen) atoms. The second kappa shape index (κ2) is 11.9. The Morgan fingerprint density at radius 2 is 1.65 bits per heavy atom. The maximum Gasteiger partial charge on any atom is 0.323 e. The molecule has 0 bridgehead atoms. The van der Waals surface area contributed by atoms with Crippen molar-refractivity contribution in [1.82, 2.24) is 4.90 Å². The third-order valence-electron chi connectivity index (χ3n) is 7.76. The van der Waals surface area contributed by atoms with Crippen LogP contribution >= 0.6 is 0 Å². The molecule has 0 fully saturated rings. The van der Waals surface area contributed by atoms with Crippen LogP contribution in [0.1, 0.15) is 68.1 Å². The largest absolute Gasteiger partial charge is 0.490 e. The van der Waals surface area contributed by atoms with E-state index in [1.165, 1.54) is 0 Å². The van der Waals surface area contributed by atoms with Crippen LogP contribution in [0.15, 0.2) is 77.7 Å². The maximum absolute atomic E-state index is 13.5. The van der Waals surface area contributed by atoms with Crippen LogP contribution in [0.4, 0.5) is 0 Å². The molecular weight excluding hydrogens is 506 g/mol. The van der Waals surface area contributed by atoms with E-state index in [4.69, 9.17) is 9.47 Å². The summed E-state index contributed by atoms with van der Waals surface area (Å²) in [6, 6.07) is 13.8. The summed E-state index contributed by atoms with van der Waals surface area (Å²) in [7, 11) is 0. The van der Waals surface area contributed by atoms with Gasteiger partial charge in [0.25, 0.3) is 0 Å². The van der Waals surface area contributed by atoms with Crippen LogP contribution in [-0.2, 0) is 27.4 Å². The molecule has 0 radical (unpaired) electrons. The first-order valence-electron chi connectivity index (χ1n) is 14.0. The maximum atomic E-state index is 13.5. The van der Waals surface area contributed by atoms with Crippen molar-refractivity contribution in [2.24, 2.45) is 0 Å². The molecule has 1 aliphatic heterocycles. The van der Waals surface area contributed by atoms with Gasteiger partial charge in [-0.15, -0.1) is 6.58 Å². The van der Waals surface area contributed by atoms with Gasteiger partial charge in [0.05, 0.1) is 6.61 Å². The summed E-state index contributed by atoms with van der Waals surface area (Å²) in [6.07, 6.45) is 5.59. The molecule has 2 aliphatic carbocycles. The van der Waals surface area contributed by atoms with E-state index in [-0.39, 0.29) is 18.1 Å². The Kier molecular flexibility index (Phi) is 8.19. The molecule has 5 rings (SSSR count). The molecule has 0 aromatic heterocycles. The van der Waals surface area contributed by atoms with Gasteiger partial charge in [-0.1, -0.05) is 42.5 Å². The monoisotopic (exact) mass is 541 g/mol. The summed E-state index contributed by atoms with van der Waals surface area (Å²) in [5.74, 6) is -0.442. The van der Waals surface area contributed by atoms with Crippen molar-refractivity contribution in [3.05, 3.63) is 94.4 Å². The van der Waals surface area contributed by atoms with Crippen LogP contribution in [0.25, 0.3) is 0 Å². The van der Waals surface area contributed by atoms with E-state index in [1.807, 2.05) is 49.4 Å². The van der Waals surface area contributed by atoms with Crippen molar-refractivity contribution in [2.45, 2.75) is 64.4 Å². The lowest BCUT2D eigenvalue weighted by Crippen LogP contribution is -2.41. The lowest BCUT2D eigenvalue weighted by atomic mass is 9.70. The van der Waals surface area contributed by atoms with Gasteiger partial charge >= 0.3 is 5.97 Å². The zero-order chi connectivity index (χ0) is 28.2. The molecule has 0 unspecified atom stereocenters. The number of nitrogens with zero attached hydrogens (tertiary/aromatic N) is 1. The van der Waals surface area contributed by atoms with Crippen molar-refractivity contribution >= 4 is 17.5 Å². The van der Waals surface area contributed by atoms with Gasteiger partial charge in [-0.25, -0.2) is 0 Å². The second-order valence-corrected chi connectivity index (χ2v) is 10.4. The van der Waals surface area contributed by atoms with Crippen LogP contribution in [-0.4, -0.2) is 40.7 Å². The summed E-state index contributed by atoms with van der Waals surface area (Å²) in [4.78, 5) is 40.7.